The molecule has 0 aliphatic carbocycles. The Hall–Kier alpha value is -2.13. The van der Waals surface area contributed by atoms with Crippen LogP contribution in [0.4, 0.5) is 4.39 Å². The number of carbonyl (C=O) groups excluding carboxylic acids is 1. The molecule has 0 atom stereocenters. The molecule has 0 saturated carbocycles. The van der Waals surface area contributed by atoms with Crippen molar-refractivity contribution in [3.63, 3.8) is 0 Å². The highest BCUT2D eigenvalue weighted by Crippen LogP contribution is 2.32. The maximum atomic E-state index is 14.0. The largest absolute Gasteiger partial charge is 0.423 e. The highest BCUT2D eigenvalue weighted by molar-refractivity contribution is 6.32. The summed E-state index contributed by atoms with van der Waals surface area (Å²) in [5, 5.41) is 0.556. The zero-order chi connectivity index (χ0) is 18.4. The average Bonchev–Trinajstić information content (AvgIpc) is 2.53. The second-order valence-electron chi connectivity index (χ2n) is 5.66. The molecule has 0 aliphatic rings. The summed E-state index contributed by atoms with van der Waals surface area (Å²) in [6, 6.07) is 1.85. The Bertz CT molecular complexity index is 755. The molecular weight excluding hydrogens is 327 g/mol. The molecule has 0 spiro atoms. The van der Waals surface area contributed by atoms with E-state index in [1.807, 2.05) is 19.9 Å². The predicted molar refractivity (Wildman–Crippen MR) is 98.2 cm³/mol. The Kier molecular flexibility index (Phi) is 7.18. The highest BCUT2D eigenvalue weighted by atomic mass is 35.5. The minimum Gasteiger partial charge on any atom is -0.423 e. The molecule has 0 amide bonds. The lowest BCUT2D eigenvalue weighted by Crippen LogP contribution is -2.08. The van der Waals surface area contributed by atoms with Crippen LogP contribution in [0.25, 0.3) is 0 Å². The molecular formula is C20H22ClFO2. The lowest BCUT2D eigenvalue weighted by Gasteiger charge is -2.12. The number of rotatable bonds is 5. The maximum absolute atomic E-state index is 14.0. The number of esters is 1. The van der Waals surface area contributed by atoms with E-state index >= 15 is 0 Å². The molecule has 0 aromatic heterocycles. The second-order valence-corrected chi connectivity index (χ2v) is 6.03. The van der Waals surface area contributed by atoms with Gasteiger partial charge in [-0.15, -0.1) is 0 Å². The third kappa shape index (κ3) is 5.20. The SMILES string of the molecule is C=CC(C)=CC=C(F)C(C)=CC(=O)Oc1c(C)cc(C)c(Cl)c1C. The number of hydrogen-bond acceptors (Lipinski definition) is 2. The standard InChI is InChI=1S/C20H22ClFO2/c1-7-12(2)8-9-17(22)13(3)11-18(23)24-20-15(5)10-14(4)19(21)16(20)6/h7-11H,1H2,2-6H3. The summed E-state index contributed by atoms with van der Waals surface area (Å²) in [6.45, 7) is 12.4. The number of aryl methyl sites for hydroxylation is 2. The first kappa shape index (κ1) is 19.9. The summed E-state index contributed by atoms with van der Waals surface area (Å²) in [6.07, 6.45) is 5.60. The maximum Gasteiger partial charge on any atom is 0.336 e. The molecule has 1 rings (SSSR count). The van der Waals surface area contributed by atoms with E-state index in [0.29, 0.717) is 16.3 Å². The fourth-order valence-electron chi connectivity index (χ4n) is 2.08. The van der Waals surface area contributed by atoms with Gasteiger partial charge < -0.3 is 4.74 Å². The van der Waals surface area contributed by atoms with E-state index in [0.717, 1.165) is 22.8 Å². The summed E-state index contributed by atoms with van der Waals surface area (Å²) >= 11 is 6.19. The number of carbonyl (C=O) groups is 1. The van der Waals surface area contributed by atoms with Crippen LogP contribution >= 0.6 is 11.6 Å². The Morgan fingerprint density at radius 3 is 2.42 bits per heavy atom. The van der Waals surface area contributed by atoms with Crippen LogP contribution in [0.5, 0.6) is 5.75 Å². The molecule has 1 aromatic rings. The molecule has 128 valence electrons. The Labute approximate surface area is 148 Å². The number of halogens is 2. The molecule has 1 aromatic carbocycles. The predicted octanol–water partition coefficient (Wildman–Crippen LogP) is 6.10. The molecule has 2 nitrogen and oxygen atoms in total. The second kappa shape index (κ2) is 8.65. The fourth-order valence-corrected chi connectivity index (χ4v) is 2.22. The van der Waals surface area contributed by atoms with Gasteiger partial charge in [-0.05, 0) is 57.4 Å². The monoisotopic (exact) mass is 348 g/mol. The smallest absolute Gasteiger partial charge is 0.336 e. The Morgan fingerprint density at radius 1 is 1.21 bits per heavy atom. The third-order valence-corrected chi connectivity index (χ3v) is 4.12. The van der Waals surface area contributed by atoms with Crippen molar-refractivity contribution >= 4 is 17.6 Å². The van der Waals surface area contributed by atoms with Crippen LogP contribution in [-0.4, -0.2) is 5.97 Å². The summed E-state index contributed by atoms with van der Waals surface area (Å²) in [4.78, 5) is 12.1. The van der Waals surface area contributed by atoms with Gasteiger partial charge in [-0.25, -0.2) is 9.18 Å². The molecule has 0 aliphatic heterocycles. The van der Waals surface area contributed by atoms with E-state index in [-0.39, 0.29) is 5.57 Å². The molecule has 24 heavy (non-hydrogen) atoms. The highest BCUT2D eigenvalue weighted by Gasteiger charge is 2.14. The minimum absolute atomic E-state index is 0.182. The van der Waals surface area contributed by atoms with E-state index in [9.17, 15) is 9.18 Å². The van der Waals surface area contributed by atoms with Crippen molar-refractivity contribution in [1.29, 1.82) is 0 Å². The van der Waals surface area contributed by atoms with Gasteiger partial charge >= 0.3 is 5.97 Å². The zero-order valence-corrected chi connectivity index (χ0v) is 15.4. The third-order valence-electron chi connectivity index (χ3n) is 3.54. The van der Waals surface area contributed by atoms with Gasteiger partial charge in [-0.1, -0.05) is 42.0 Å². The first-order valence-corrected chi connectivity index (χ1v) is 7.88. The normalized spacial score (nSPS) is 13.0. The summed E-state index contributed by atoms with van der Waals surface area (Å²) < 4.78 is 19.3. The molecule has 0 radical (unpaired) electrons. The lowest BCUT2D eigenvalue weighted by molar-refractivity contribution is -0.129. The van der Waals surface area contributed by atoms with Crippen LogP contribution in [-0.2, 0) is 4.79 Å². The van der Waals surface area contributed by atoms with Crippen molar-refractivity contribution in [2.75, 3.05) is 0 Å². The van der Waals surface area contributed by atoms with Crippen LogP contribution in [0.1, 0.15) is 30.5 Å². The van der Waals surface area contributed by atoms with Crippen LogP contribution in [0.2, 0.25) is 5.02 Å². The van der Waals surface area contributed by atoms with Crippen molar-refractivity contribution < 1.29 is 13.9 Å². The van der Waals surface area contributed by atoms with Gasteiger partial charge in [-0.3, -0.25) is 0 Å². The van der Waals surface area contributed by atoms with E-state index in [2.05, 4.69) is 6.58 Å². The quantitative estimate of drug-likeness (QED) is 0.278. The summed E-state index contributed by atoms with van der Waals surface area (Å²) in [7, 11) is 0. The molecule has 0 unspecified atom stereocenters. The number of allylic oxidation sites excluding steroid dienone is 6. The number of benzene rings is 1. The molecule has 0 bridgehead atoms. The topological polar surface area (TPSA) is 26.3 Å². The minimum atomic E-state index is -0.647. The Balaban J connectivity index is 3.01. The van der Waals surface area contributed by atoms with Gasteiger partial charge in [0.05, 0.1) is 5.02 Å². The Morgan fingerprint density at radius 2 is 1.83 bits per heavy atom. The van der Waals surface area contributed by atoms with Crippen molar-refractivity contribution in [2.45, 2.75) is 34.6 Å². The van der Waals surface area contributed by atoms with Gasteiger partial charge in [-0.2, -0.15) is 0 Å². The van der Waals surface area contributed by atoms with Crippen molar-refractivity contribution in [3.8, 4) is 5.75 Å². The van der Waals surface area contributed by atoms with Gasteiger partial charge in [0.25, 0.3) is 0 Å². The van der Waals surface area contributed by atoms with E-state index in [1.54, 1.807) is 26.0 Å². The number of hydrogen-bond donors (Lipinski definition) is 0. The first-order chi connectivity index (χ1) is 11.2. The van der Waals surface area contributed by atoms with Gasteiger partial charge in [0.2, 0.25) is 0 Å². The average molecular weight is 349 g/mol. The van der Waals surface area contributed by atoms with E-state index < -0.39 is 11.8 Å². The van der Waals surface area contributed by atoms with Crippen LogP contribution in [0.15, 0.2) is 53.9 Å². The molecule has 0 saturated heterocycles. The fraction of sp³-hybridized carbons (Fsp3) is 0.250. The first-order valence-electron chi connectivity index (χ1n) is 7.50. The molecule has 0 fully saturated rings. The van der Waals surface area contributed by atoms with Crippen LogP contribution < -0.4 is 4.74 Å². The van der Waals surface area contributed by atoms with Crippen molar-refractivity contribution in [2.24, 2.45) is 0 Å². The van der Waals surface area contributed by atoms with Gasteiger partial charge in [0, 0.05) is 11.6 Å². The van der Waals surface area contributed by atoms with Crippen molar-refractivity contribution in [3.05, 3.63) is 75.6 Å². The molecule has 0 heterocycles. The zero-order valence-electron chi connectivity index (χ0n) is 14.7. The van der Waals surface area contributed by atoms with Gasteiger partial charge in [0.15, 0.2) is 0 Å². The van der Waals surface area contributed by atoms with Crippen LogP contribution in [0, 0.1) is 20.8 Å². The summed E-state index contributed by atoms with van der Waals surface area (Å²) in [5.41, 5.74) is 3.41. The van der Waals surface area contributed by atoms with Crippen molar-refractivity contribution in [1.82, 2.24) is 0 Å². The van der Waals surface area contributed by atoms with Gasteiger partial charge in [0.1, 0.15) is 11.6 Å². The number of ether oxygens (including phenoxy) is 1. The van der Waals surface area contributed by atoms with E-state index in [1.165, 1.54) is 13.0 Å². The molecule has 0 N–H and O–H groups in total. The summed E-state index contributed by atoms with van der Waals surface area (Å²) in [5.74, 6) is -0.749. The lowest BCUT2D eigenvalue weighted by atomic mass is 10.1. The van der Waals surface area contributed by atoms with Crippen LogP contribution in [0.3, 0.4) is 0 Å². The van der Waals surface area contributed by atoms with E-state index in [4.69, 9.17) is 16.3 Å². The molecule has 4 heteroatoms.